The maximum Gasteiger partial charge on any atom is -0.0203 e. The van der Waals surface area contributed by atoms with Gasteiger partial charge in [0.2, 0.25) is 0 Å². The third-order valence-electron chi connectivity index (χ3n) is 4.10. The summed E-state index contributed by atoms with van der Waals surface area (Å²) in [5.41, 5.74) is 3.52. The molecule has 2 rings (SSSR count). The lowest BCUT2D eigenvalue weighted by Gasteiger charge is -2.28. The molecule has 0 aromatic heterocycles. The normalized spacial score (nSPS) is 25.8. The lowest BCUT2D eigenvalue weighted by Crippen LogP contribution is -2.16. The fraction of sp³-hybridized carbons (Fsp3) is 0.846. The Bertz CT molecular complexity index is 200. The molecule has 74 valence electrons. The van der Waals surface area contributed by atoms with Gasteiger partial charge < -0.3 is 0 Å². The van der Waals surface area contributed by atoms with Crippen LogP contribution in [0.3, 0.4) is 0 Å². The average Bonchev–Trinajstić information content (AvgIpc) is 3.00. The van der Waals surface area contributed by atoms with Gasteiger partial charge in [0.05, 0.1) is 0 Å². The van der Waals surface area contributed by atoms with Crippen LogP contribution < -0.4 is 0 Å². The highest BCUT2D eigenvalue weighted by molar-refractivity contribution is 5.25. The lowest BCUT2D eigenvalue weighted by molar-refractivity contribution is 0.290. The van der Waals surface area contributed by atoms with Gasteiger partial charge in [-0.1, -0.05) is 37.3 Å². The van der Waals surface area contributed by atoms with Gasteiger partial charge in [0.15, 0.2) is 0 Å². The minimum atomic E-state index is 0.887. The molecule has 2 fully saturated rings. The van der Waals surface area contributed by atoms with E-state index >= 15 is 0 Å². The van der Waals surface area contributed by atoms with Crippen LogP contribution in [0.4, 0.5) is 0 Å². The Morgan fingerprint density at radius 1 is 1.15 bits per heavy atom. The van der Waals surface area contributed by atoms with E-state index < -0.39 is 0 Å². The molecule has 2 saturated carbocycles. The molecular formula is C13H22. The maximum absolute atomic E-state index is 2.46. The second-order valence-electron chi connectivity index (χ2n) is 4.97. The van der Waals surface area contributed by atoms with Crippen molar-refractivity contribution >= 4 is 0 Å². The van der Waals surface area contributed by atoms with Gasteiger partial charge >= 0.3 is 0 Å². The van der Waals surface area contributed by atoms with E-state index in [0.717, 1.165) is 11.8 Å². The first-order valence-corrected chi connectivity index (χ1v) is 5.97. The standard InChI is InChI=1S/C13H22/c1-10(11(2)13-8-9-13)12-6-4-3-5-7-12/h10,12H,3-9H2,1-2H3. The molecule has 0 saturated heterocycles. The van der Waals surface area contributed by atoms with E-state index in [9.17, 15) is 0 Å². The summed E-state index contributed by atoms with van der Waals surface area (Å²) in [5, 5.41) is 0. The summed E-state index contributed by atoms with van der Waals surface area (Å²) in [4.78, 5) is 0. The van der Waals surface area contributed by atoms with Crippen LogP contribution in [0.1, 0.15) is 58.8 Å². The molecule has 0 heteroatoms. The zero-order valence-electron chi connectivity index (χ0n) is 9.10. The van der Waals surface area contributed by atoms with Gasteiger partial charge in [-0.3, -0.25) is 0 Å². The van der Waals surface area contributed by atoms with Crippen molar-refractivity contribution in [1.29, 1.82) is 0 Å². The van der Waals surface area contributed by atoms with Gasteiger partial charge in [-0.25, -0.2) is 0 Å². The van der Waals surface area contributed by atoms with Crippen LogP contribution in [-0.2, 0) is 0 Å². The van der Waals surface area contributed by atoms with E-state index in [0.29, 0.717) is 0 Å². The van der Waals surface area contributed by atoms with Crippen LogP contribution in [-0.4, -0.2) is 0 Å². The fourth-order valence-corrected chi connectivity index (χ4v) is 2.77. The Hall–Kier alpha value is -0.260. The minimum Gasteiger partial charge on any atom is -0.0710 e. The van der Waals surface area contributed by atoms with Crippen molar-refractivity contribution in [3.63, 3.8) is 0 Å². The molecule has 0 bridgehead atoms. The third kappa shape index (κ3) is 2.15. The van der Waals surface area contributed by atoms with Crippen molar-refractivity contribution in [3.8, 4) is 0 Å². The monoisotopic (exact) mass is 178 g/mol. The summed E-state index contributed by atoms with van der Waals surface area (Å²) in [6.45, 7) is 4.83. The van der Waals surface area contributed by atoms with Crippen LogP contribution in [0.15, 0.2) is 11.1 Å². The Morgan fingerprint density at radius 2 is 1.77 bits per heavy atom. The summed E-state index contributed by atoms with van der Waals surface area (Å²) >= 11 is 0. The molecule has 0 radical (unpaired) electrons. The van der Waals surface area contributed by atoms with Crippen LogP contribution in [0.25, 0.3) is 0 Å². The molecule has 2 aliphatic carbocycles. The molecule has 0 aromatic rings. The van der Waals surface area contributed by atoms with Gasteiger partial charge in [0.25, 0.3) is 0 Å². The summed E-state index contributed by atoms with van der Waals surface area (Å²) in [6.07, 6.45) is 10.2. The zero-order chi connectivity index (χ0) is 9.26. The van der Waals surface area contributed by atoms with Crippen LogP contribution in [0, 0.1) is 11.8 Å². The van der Waals surface area contributed by atoms with Gasteiger partial charge in [0.1, 0.15) is 0 Å². The van der Waals surface area contributed by atoms with E-state index in [1.165, 1.54) is 44.9 Å². The van der Waals surface area contributed by atoms with Gasteiger partial charge in [-0.05, 0) is 44.4 Å². The summed E-state index contributed by atoms with van der Waals surface area (Å²) in [5.74, 6) is 1.90. The molecule has 0 spiro atoms. The predicted molar refractivity (Wildman–Crippen MR) is 57.7 cm³/mol. The minimum absolute atomic E-state index is 0.887. The van der Waals surface area contributed by atoms with Crippen molar-refractivity contribution in [1.82, 2.24) is 0 Å². The van der Waals surface area contributed by atoms with E-state index in [4.69, 9.17) is 0 Å². The van der Waals surface area contributed by atoms with Crippen molar-refractivity contribution in [2.24, 2.45) is 11.8 Å². The Labute approximate surface area is 82.4 Å². The lowest BCUT2D eigenvalue weighted by atomic mass is 9.78. The van der Waals surface area contributed by atoms with Crippen molar-refractivity contribution < 1.29 is 0 Å². The highest BCUT2D eigenvalue weighted by Crippen LogP contribution is 2.40. The van der Waals surface area contributed by atoms with Gasteiger partial charge in [-0.2, -0.15) is 0 Å². The van der Waals surface area contributed by atoms with Gasteiger partial charge in [-0.15, -0.1) is 0 Å². The highest BCUT2D eigenvalue weighted by atomic mass is 14.3. The molecule has 13 heavy (non-hydrogen) atoms. The number of hydrogen-bond acceptors (Lipinski definition) is 0. The maximum atomic E-state index is 2.46. The molecular weight excluding hydrogens is 156 g/mol. The first-order valence-electron chi connectivity index (χ1n) is 5.97. The van der Waals surface area contributed by atoms with Crippen molar-refractivity contribution in [2.75, 3.05) is 0 Å². The van der Waals surface area contributed by atoms with Crippen molar-refractivity contribution in [3.05, 3.63) is 11.1 Å². The second-order valence-corrected chi connectivity index (χ2v) is 4.97. The second kappa shape index (κ2) is 3.86. The Morgan fingerprint density at radius 3 is 2.31 bits per heavy atom. The SMILES string of the molecule is CC(=C1CC1)C(C)C1CCCCC1. The molecule has 0 N–H and O–H groups in total. The molecule has 2 aliphatic rings. The van der Waals surface area contributed by atoms with Crippen LogP contribution >= 0.6 is 0 Å². The Kier molecular flexibility index (Phi) is 2.76. The molecule has 0 heterocycles. The Balaban J connectivity index is 1.94. The summed E-state index contributed by atoms with van der Waals surface area (Å²) < 4.78 is 0. The fourth-order valence-electron chi connectivity index (χ4n) is 2.77. The summed E-state index contributed by atoms with van der Waals surface area (Å²) in [6, 6.07) is 0. The van der Waals surface area contributed by atoms with E-state index in [-0.39, 0.29) is 0 Å². The number of allylic oxidation sites excluding steroid dienone is 2. The largest absolute Gasteiger partial charge is 0.0710 e. The molecule has 0 aromatic carbocycles. The molecule has 0 amide bonds. The van der Waals surface area contributed by atoms with E-state index in [1.807, 2.05) is 0 Å². The number of rotatable bonds is 2. The average molecular weight is 178 g/mol. The van der Waals surface area contributed by atoms with Gasteiger partial charge in [0, 0.05) is 0 Å². The van der Waals surface area contributed by atoms with E-state index in [1.54, 1.807) is 11.1 Å². The predicted octanol–water partition coefficient (Wildman–Crippen LogP) is 4.31. The van der Waals surface area contributed by atoms with Crippen molar-refractivity contribution in [2.45, 2.75) is 58.8 Å². The topological polar surface area (TPSA) is 0 Å². The molecule has 0 nitrogen and oxygen atoms in total. The number of hydrogen-bond donors (Lipinski definition) is 0. The molecule has 1 atom stereocenters. The molecule has 1 unspecified atom stereocenters. The third-order valence-corrected chi connectivity index (χ3v) is 4.10. The zero-order valence-corrected chi connectivity index (χ0v) is 9.10. The van der Waals surface area contributed by atoms with Crippen LogP contribution in [0.5, 0.6) is 0 Å². The highest BCUT2D eigenvalue weighted by Gasteiger charge is 2.25. The summed E-state index contributed by atoms with van der Waals surface area (Å²) in [7, 11) is 0. The quantitative estimate of drug-likeness (QED) is 0.553. The van der Waals surface area contributed by atoms with Crippen LogP contribution in [0.2, 0.25) is 0 Å². The molecule has 0 aliphatic heterocycles. The first kappa shape index (κ1) is 9.30. The first-order chi connectivity index (χ1) is 6.29. The van der Waals surface area contributed by atoms with E-state index in [2.05, 4.69) is 13.8 Å². The smallest absolute Gasteiger partial charge is 0.0203 e.